The Morgan fingerprint density at radius 1 is 0.444 bits per heavy atom. The van der Waals surface area contributed by atoms with Crippen LogP contribution in [0.1, 0.15) is 27.7 Å². The fraction of sp³-hybridized carbons (Fsp3) is 0.150. The molecule has 0 unspecified atom stereocenters. The zero-order chi connectivity index (χ0) is 31.0. The van der Waals surface area contributed by atoms with E-state index in [4.69, 9.17) is 19.3 Å². The zero-order valence-corrected chi connectivity index (χ0v) is 26.1. The smallest absolute Gasteiger partial charge is 0.399 e. The molecule has 1 fully saturated rings. The van der Waals surface area contributed by atoms with Crippen molar-refractivity contribution in [3.63, 3.8) is 0 Å². The van der Waals surface area contributed by atoms with Crippen LogP contribution in [0.25, 0.3) is 56.2 Å². The molecular formula is C40H35BN2O2. The van der Waals surface area contributed by atoms with Crippen molar-refractivity contribution >= 4 is 12.6 Å². The van der Waals surface area contributed by atoms with E-state index in [9.17, 15) is 0 Å². The Balaban J connectivity index is 1.31. The first-order chi connectivity index (χ1) is 21.8. The van der Waals surface area contributed by atoms with Crippen molar-refractivity contribution in [2.45, 2.75) is 38.9 Å². The highest BCUT2D eigenvalue weighted by Gasteiger charge is 2.51. The van der Waals surface area contributed by atoms with Crippen molar-refractivity contribution in [3.8, 4) is 56.2 Å². The third-order valence-corrected chi connectivity index (χ3v) is 8.97. The lowest BCUT2D eigenvalue weighted by atomic mass is 9.77. The van der Waals surface area contributed by atoms with Crippen LogP contribution in [0.15, 0.2) is 140 Å². The number of aromatic nitrogens is 2. The first-order valence-corrected chi connectivity index (χ1v) is 15.4. The Bertz CT molecular complexity index is 1940. The minimum Gasteiger partial charge on any atom is -0.399 e. The summed E-state index contributed by atoms with van der Waals surface area (Å²) in [4.78, 5) is 10.3. The maximum atomic E-state index is 6.37. The third kappa shape index (κ3) is 5.73. The summed E-state index contributed by atoms with van der Waals surface area (Å²) in [6, 6.07) is 48.1. The third-order valence-electron chi connectivity index (χ3n) is 8.97. The molecule has 1 aliphatic rings. The molecule has 1 aromatic heterocycles. The van der Waals surface area contributed by atoms with Crippen molar-refractivity contribution in [2.75, 3.05) is 0 Å². The Labute approximate surface area is 265 Å². The number of nitrogens with zero attached hydrogens (tertiary/aromatic N) is 2. The van der Waals surface area contributed by atoms with Gasteiger partial charge in [-0.3, -0.25) is 0 Å². The van der Waals surface area contributed by atoms with E-state index < -0.39 is 18.3 Å². The van der Waals surface area contributed by atoms with Gasteiger partial charge in [0.2, 0.25) is 0 Å². The maximum absolute atomic E-state index is 6.37. The molecule has 2 heterocycles. The molecule has 0 amide bonds. The molecular weight excluding hydrogens is 551 g/mol. The van der Waals surface area contributed by atoms with Crippen LogP contribution in [0.2, 0.25) is 0 Å². The van der Waals surface area contributed by atoms with Gasteiger partial charge in [-0.1, -0.05) is 133 Å². The van der Waals surface area contributed by atoms with Crippen LogP contribution in [0.4, 0.5) is 0 Å². The van der Waals surface area contributed by atoms with E-state index in [1.807, 2.05) is 30.3 Å². The van der Waals surface area contributed by atoms with Gasteiger partial charge in [-0.2, -0.15) is 0 Å². The summed E-state index contributed by atoms with van der Waals surface area (Å²) in [5.41, 5.74) is 9.43. The molecule has 5 heteroatoms. The van der Waals surface area contributed by atoms with Crippen LogP contribution in [0.3, 0.4) is 0 Å². The number of benzene rings is 5. The second-order valence-electron chi connectivity index (χ2n) is 12.5. The van der Waals surface area contributed by atoms with Crippen molar-refractivity contribution < 1.29 is 9.31 Å². The predicted molar refractivity (Wildman–Crippen MR) is 185 cm³/mol. The molecule has 6 aromatic rings. The van der Waals surface area contributed by atoms with Gasteiger partial charge in [0.25, 0.3) is 0 Å². The van der Waals surface area contributed by atoms with Gasteiger partial charge in [0.1, 0.15) is 0 Å². The van der Waals surface area contributed by atoms with Crippen LogP contribution >= 0.6 is 0 Å². The monoisotopic (exact) mass is 586 g/mol. The van der Waals surface area contributed by atoms with Crippen LogP contribution in [0, 0.1) is 0 Å². The van der Waals surface area contributed by atoms with Gasteiger partial charge in [0.05, 0.1) is 22.6 Å². The summed E-state index contributed by atoms with van der Waals surface area (Å²) in [5, 5.41) is 0. The molecule has 4 nitrogen and oxygen atoms in total. The van der Waals surface area contributed by atoms with Crippen molar-refractivity contribution in [3.05, 3.63) is 140 Å². The molecule has 0 N–H and O–H groups in total. The Hall–Kier alpha value is -4.84. The molecule has 1 saturated heterocycles. The first-order valence-electron chi connectivity index (χ1n) is 15.4. The fourth-order valence-corrected chi connectivity index (χ4v) is 5.70. The molecule has 45 heavy (non-hydrogen) atoms. The average Bonchev–Trinajstić information content (AvgIpc) is 3.31. The molecule has 0 radical (unpaired) electrons. The van der Waals surface area contributed by atoms with Crippen LogP contribution < -0.4 is 5.46 Å². The van der Waals surface area contributed by atoms with Crippen LogP contribution in [-0.2, 0) is 9.31 Å². The summed E-state index contributed by atoms with van der Waals surface area (Å²) >= 11 is 0. The quantitative estimate of drug-likeness (QED) is 0.183. The zero-order valence-electron chi connectivity index (χ0n) is 26.1. The predicted octanol–water partition coefficient (Wildman–Crippen LogP) is 9.11. The molecule has 0 saturated carbocycles. The van der Waals surface area contributed by atoms with Crippen molar-refractivity contribution in [2.24, 2.45) is 0 Å². The topological polar surface area (TPSA) is 44.2 Å². The fourth-order valence-electron chi connectivity index (χ4n) is 5.70. The second kappa shape index (κ2) is 11.6. The van der Waals surface area contributed by atoms with E-state index >= 15 is 0 Å². The van der Waals surface area contributed by atoms with E-state index in [2.05, 4.69) is 137 Å². The Morgan fingerprint density at radius 3 is 1.53 bits per heavy atom. The van der Waals surface area contributed by atoms with Gasteiger partial charge in [-0.05, 0) is 61.5 Å². The Morgan fingerprint density at radius 2 is 0.911 bits per heavy atom. The highest BCUT2D eigenvalue weighted by Crippen LogP contribution is 2.38. The van der Waals surface area contributed by atoms with Gasteiger partial charge < -0.3 is 9.31 Å². The lowest BCUT2D eigenvalue weighted by Gasteiger charge is -2.32. The second-order valence-corrected chi connectivity index (χ2v) is 12.5. The van der Waals surface area contributed by atoms with Gasteiger partial charge >= 0.3 is 7.12 Å². The molecule has 7 rings (SSSR count). The summed E-state index contributed by atoms with van der Waals surface area (Å²) < 4.78 is 12.7. The molecule has 0 atom stereocenters. The van der Waals surface area contributed by atoms with Crippen LogP contribution in [-0.4, -0.2) is 28.3 Å². The number of hydrogen-bond acceptors (Lipinski definition) is 4. The summed E-state index contributed by atoms with van der Waals surface area (Å²) in [6.07, 6.45) is 0. The highest BCUT2D eigenvalue weighted by atomic mass is 16.7. The minimum atomic E-state index is -0.440. The van der Waals surface area contributed by atoms with Gasteiger partial charge in [0.15, 0.2) is 5.82 Å². The largest absolute Gasteiger partial charge is 0.494 e. The maximum Gasteiger partial charge on any atom is 0.494 e. The van der Waals surface area contributed by atoms with Crippen molar-refractivity contribution in [1.29, 1.82) is 0 Å². The molecule has 0 spiro atoms. The van der Waals surface area contributed by atoms with E-state index in [1.54, 1.807) is 0 Å². The van der Waals surface area contributed by atoms with E-state index in [-0.39, 0.29) is 0 Å². The highest BCUT2D eigenvalue weighted by molar-refractivity contribution is 6.62. The van der Waals surface area contributed by atoms with Crippen LogP contribution in [0.5, 0.6) is 0 Å². The standard InChI is InChI=1S/C40H35BN2O2/c1-39(2)40(3,4)45-41(44-39)33-19-13-18-32(26-33)34-20-11-12-21-35(34)38-42-36(30-16-9-6-10-17-30)27-37(43-38)31-24-22-29(23-25-31)28-14-7-5-8-15-28/h5-27H,1-4H3. The van der Waals surface area contributed by atoms with Crippen molar-refractivity contribution in [1.82, 2.24) is 9.97 Å². The summed E-state index contributed by atoms with van der Waals surface area (Å²) in [5.74, 6) is 0.676. The van der Waals surface area contributed by atoms with E-state index in [0.29, 0.717) is 5.82 Å². The van der Waals surface area contributed by atoms with Gasteiger partial charge in [-0.15, -0.1) is 0 Å². The van der Waals surface area contributed by atoms with Gasteiger partial charge in [-0.25, -0.2) is 9.97 Å². The molecule has 220 valence electrons. The molecule has 5 aromatic carbocycles. The summed E-state index contributed by atoms with van der Waals surface area (Å²) in [6.45, 7) is 8.32. The van der Waals surface area contributed by atoms with E-state index in [1.165, 1.54) is 11.1 Å². The number of rotatable bonds is 6. The Kier molecular flexibility index (Phi) is 7.44. The molecule has 0 bridgehead atoms. The lowest BCUT2D eigenvalue weighted by molar-refractivity contribution is 0.00578. The number of hydrogen-bond donors (Lipinski definition) is 0. The first kappa shape index (κ1) is 28.9. The van der Waals surface area contributed by atoms with Gasteiger partial charge in [0, 0.05) is 16.7 Å². The summed E-state index contributed by atoms with van der Waals surface area (Å²) in [7, 11) is -0.440. The normalized spacial score (nSPS) is 15.2. The minimum absolute atomic E-state index is 0.410. The molecule has 1 aliphatic heterocycles. The lowest BCUT2D eigenvalue weighted by Crippen LogP contribution is -2.41. The SMILES string of the molecule is CC1(C)OB(c2cccc(-c3ccccc3-c3nc(-c4ccccc4)cc(-c4ccc(-c5ccccc5)cc4)n3)c2)OC1(C)C. The average molecular weight is 587 g/mol. The van der Waals surface area contributed by atoms with E-state index in [0.717, 1.165) is 44.7 Å². The molecule has 0 aliphatic carbocycles.